The molecule has 1 rings (SSSR count). The van der Waals surface area contributed by atoms with Crippen molar-refractivity contribution in [3.63, 3.8) is 0 Å². The highest BCUT2D eigenvalue weighted by Crippen LogP contribution is 2.12. The van der Waals surface area contributed by atoms with Gasteiger partial charge in [-0.25, -0.2) is 0 Å². The quantitative estimate of drug-likeness (QED) is 0.185. The number of nitrogens with one attached hydrogen (secondary N) is 1. The Balaban J connectivity index is 2.09. The van der Waals surface area contributed by atoms with Gasteiger partial charge in [0.2, 0.25) is 5.91 Å². The van der Waals surface area contributed by atoms with Crippen molar-refractivity contribution in [3.8, 4) is 5.75 Å². The van der Waals surface area contributed by atoms with Gasteiger partial charge in [-0.05, 0) is 37.4 Å². The van der Waals surface area contributed by atoms with Crippen LogP contribution in [0.15, 0.2) is 30.3 Å². The third kappa shape index (κ3) is 8.37. The van der Waals surface area contributed by atoms with Crippen LogP contribution in [0.2, 0.25) is 6.04 Å². The van der Waals surface area contributed by atoms with Gasteiger partial charge in [-0.1, -0.05) is 18.2 Å². The molecule has 7 nitrogen and oxygen atoms in total. The summed E-state index contributed by atoms with van der Waals surface area (Å²) < 4.78 is 15.5. The lowest BCUT2D eigenvalue weighted by atomic mass is 10.2. The van der Waals surface area contributed by atoms with Crippen LogP contribution < -0.4 is 10.1 Å². The van der Waals surface area contributed by atoms with Gasteiger partial charge in [0.05, 0.1) is 0 Å². The Morgan fingerprint density at radius 3 is 2.31 bits per heavy atom. The average molecular weight is 382 g/mol. The topological polar surface area (TPSA) is 90.9 Å². The van der Waals surface area contributed by atoms with Gasteiger partial charge in [-0.2, -0.15) is 0 Å². The third-order valence-corrected chi connectivity index (χ3v) is 6.70. The number of ether oxygens (including phenoxy) is 1. The molecule has 0 saturated carbocycles. The minimum atomic E-state index is -2.75. The number of esters is 1. The maximum absolute atomic E-state index is 11.8. The first kappa shape index (κ1) is 22.0. The number of hydrogen-bond donors (Lipinski definition) is 1. The van der Waals surface area contributed by atoms with Crippen molar-refractivity contribution in [2.45, 2.75) is 38.1 Å². The van der Waals surface area contributed by atoms with Gasteiger partial charge in [0.25, 0.3) is 0 Å². The average Bonchev–Trinajstić information content (AvgIpc) is 2.67. The second-order valence-electron chi connectivity index (χ2n) is 5.79. The fraction of sp³-hybridized carbons (Fsp3) is 0.500. The van der Waals surface area contributed by atoms with Gasteiger partial charge in [0, 0.05) is 33.6 Å². The molecule has 0 spiro atoms. The second kappa shape index (κ2) is 12.3. The van der Waals surface area contributed by atoms with Crippen LogP contribution in [-0.4, -0.2) is 47.1 Å². The molecule has 26 heavy (non-hydrogen) atoms. The van der Waals surface area contributed by atoms with Crippen LogP contribution in [-0.2, 0) is 23.2 Å². The van der Waals surface area contributed by atoms with E-state index in [4.69, 9.17) is 13.6 Å². The smallest absolute Gasteiger partial charge is 0.405 e. The Morgan fingerprint density at radius 2 is 1.69 bits per heavy atom. The number of unbranched alkanes of at least 4 members (excludes halogenated alkanes) is 1. The standard InChI is InChI=1S/C18H27NO6Si/c1-23-26(15-20,24-2)14-8-13-19-17(21)11-6-7-12-18(22)25-16-9-4-3-5-10-16/h3-5,9-10,15H,6-8,11-14H2,1-2H3,(H,19,21). The van der Waals surface area contributed by atoms with Crippen LogP contribution in [0.3, 0.4) is 0 Å². The third-order valence-electron chi connectivity index (χ3n) is 3.90. The molecule has 144 valence electrons. The van der Waals surface area contributed by atoms with E-state index in [1.54, 1.807) is 24.3 Å². The van der Waals surface area contributed by atoms with Crippen LogP contribution in [0, 0.1) is 0 Å². The predicted molar refractivity (Wildman–Crippen MR) is 99.5 cm³/mol. The fourth-order valence-electron chi connectivity index (χ4n) is 2.32. The van der Waals surface area contributed by atoms with E-state index in [0.717, 1.165) is 5.91 Å². The highest BCUT2D eigenvalue weighted by Gasteiger charge is 2.34. The van der Waals surface area contributed by atoms with Crippen LogP contribution in [0.4, 0.5) is 0 Å². The molecule has 1 aromatic rings. The molecule has 0 atom stereocenters. The zero-order valence-corrected chi connectivity index (χ0v) is 16.4. The number of carbonyl (C=O) groups is 3. The van der Waals surface area contributed by atoms with Crippen molar-refractivity contribution in [2.24, 2.45) is 0 Å². The predicted octanol–water partition coefficient (Wildman–Crippen LogP) is 2.17. The van der Waals surface area contributed by atoms with Gasteiger partial charge in [-0.15, -0.1) is 0 Å². The summed E-state index contributed by atoms with van der Waals surface area (Å²) in [5, 5.41) is 2.80. The lowest BCUT2D eigenvalue weighted by molar-refractivity contribution is -0.134. The summed E-state index contributed by atoms with van der Waals surface area (Å²) >= 11 is 0. The first-order chi connectivity index (χ1) is 12.5. The molecule has 8 heteroatoms. The minimum Gasteiger partial charge on any atom is -0.427 e. The SMILES string of the molecule is CO[Si](C=O)(CCCNC(=O)CCCCC(=O)Oc1ccccc1)OC. The highest BCUT2D eigenvalue weighted by molar-refractivity contribution is 6.91. The fourth-order valence-corrected chi connectivity index (χ4v) is 3.87. The zero-order valence-electron chi connectivity index (χ0n) is 15.4. The van der Waals surface area contributed by atoms with Gasteiger partial charge in [0.1, 0.15) is 5.75 Å². The Hall–Kier alpha value is -2.03. The summed E-state index contributed by atoms with van der Waals surface area (Å²) in [6.07, 6.45) is 2.44. The summed E-state index contributed by atoms with van der Waals surface area (Å²) in [5.41, 5.74) is 0. The molecule has 0 saturated heterocycles. The number of para-hydroxylation sites is 1. The summed E-state index contributed by atoms with van der Waals surface area (Å²) in [7, 11) is 0.179. The molecule has 0 aliphatic carbocycles. The van der Waals surface area contributed by atoms with E-state index in [2.05, 4.69) is 5.32 Å². The Bertz CT molecular complexity index is 562. The van der Waals surface area contributed by atoms with Crippen LogP contribution in [0.1, 0.15) is 32.1 Å². The Kier molecular flexibility index (Phi) is 10.4. The summed E-state index contributed by atoms with van der Waals surface area (Å²) in [5.74, 6) is 0.904. The molecule has 0 unspecified atom stereocenters. The molecule has 0 aliphatic heterocycles. The molecular formula is C18H27NO6Si. The molecule has 0 fully saturated rings. The molecule has 1 N–H and O–H groups in total. The van der Waals surface area contributed by atoms with Crippen molar-refractivity contribution < 1.29 is 28.0 Å². The summed E-state index contributed by atoms with van der Waals surface area (Å²) in [4.78, 5) is 34.5. The number of benzene rings is 1. The van der Waals surface area contributed by atoms with Gasteiger partial charge < -0.3 is 23.7 Å². The second-order valence-corrected chi connectivity index (χ2v) is 8.96. The molecule has 0 radical (unpaired) electrons. The highest BCUT2D eigenvalue weighted by atomic mass is 28.4. The van der Waals surface area contributed by atoms with E-state index in [9.17, 15) is 14.4 Å². The number of carbonyl (C=O) groups excluding carboxylic acids is 3. The molecule has 1 aromatic carbocycles. The van der Waals surface area contributed by atoms with Gasteiger partial charge >= 0.3 is 14.5 Å². The Morgan fingerprint density at radius 1 is 1.04 bits per heavy atom. The summed E-state index contributed by atoms with van der Waals surface area (Å²) in [6, 6.07) is 9.39. The maximum atomic E-state index is 11.8. The van der Waals surface area contributed by atoms with E-state index < -0.39 is 8.56 Å². The largest absolute Gasteiger partial charge is 0.427 e. The molecule has 0 heterocycles. The zero-order chi connectivity index (χ0) is 19.3. The van der Waals surface area contributed by atoms with E-state index in [0.29, 0.717) is 44.0 Å². The first-order valence-electron chi connectivity index (χ1n) is 8.64. The van der Waals surface area contributed by atoms with Crippen LogP contribution in [0.25, 0.3) is 0 Å². The lowest BCUT2D eigenvalue weighted by Gasteiger charge is -2.20. The van der Waals surface area contributed by atoms with Crippen molar-refractivity contribution >= 4 is 26.3 Å². The Labute approximate surface area is 155 Å². The monoisotopic (exact) mass is 381 g/mol. The van der Waals surface area contributed by atoms with E-state index >= 15 is 0 Å². The molecular weight excluding hydrogens is 354 g/mol. The van der Waals surface area contributed by atoms with E-state index in [1.807, 2.05) is 6.07 Å². The van der Waals surface area contributed by atoms with Crippen molar-refractivity contribution in [3.05, 3.63) is 30.3 Å². The first-order valence-corrected chi connectivity index (χ1v) is 10.7. The van der Waals surface area contributed by atoms with Crippen LogP contribution >= 0.6 is 0 Å². The number of amides is 1. The lowest BCUT2D eigenvalue weighted by Crippen LogP contribution is -2.43. The molecule has 0 bridgehead atoms. The van der Waals surface area contributed by atoms with Crippen molar-refractivity contribution in [1.29, 1.82) is 0 Å². The van der Waals surface area contributed by atoms with E-state index in [-0.39, 0.29) is 18.3 Å². The van der Waals surface area contributed by atoms with Gasteiger partial charge in [-0.3, -0.25) is 9.59 Å². The maximum Gasteiger partial charge on any atom is 0.405 e. The normalized spacial score (nSPS) is 11.0. The number of rotatable bonds is 13. The van der Waals surface area contributed by atoms with E-state index in [1.165, 1.54) is 14.2 Å². The van der Waals surface area contributed by atoms with Gasteiger partial charge in [0.15, 0.2) is 5.91 Å². The minimum absolute atomic E-state index is 0.0744. The molecule has 0 aromatic heterocycles. The van der Waals surface area contributed by atoms with Crippen molar-refractivity contribution in [2.75, 3.05) is 20.8 Å². The van der Waals surface area contributed by atoms with Crippen LogP contribution in [0.5, 0.6) is 5.75 Å². The van der Waals surface area contributed by atoms with Crippen molar-refractivity contribution in [1.82, 2.24) is 5.32 Å². The number of hydrogen-bond acceptors (Lipinski definition) is 6. The molecule has 0 aliphatic rings. The summed E-state index contributed by atoms with van der Waals surface area (Å²) in [6.45, 7) is 0.462. The molecule has 1 amide bonds.